The van der Waals surface area contributed by atoms with Gasteiger partial charge < -0.3 is 10.2 Å². The number of hydrogen-bond acceptors (Lipinski definition) is 4. The fraction of sp³-hybridized carbons (Fsp3) is 1.00. The summed E-state index contributed by atoms with van der Waals surface area (Å²) in [6.07, 6.45) is 4.33. The lowest BCUT2D eigenvalue weighted by molar-refractivity contribution is 0.335. The second kappa shape index (κ2) is 7.17. The molecular formula is C13H28N4O2S. The van der Waals surface area contributed by atoms with Crippen LogP contribution in [0.25, 0.3) is 0 Å². The van der Waals surface area contributed by atoms with E-state index in [9.17, 15) is 8.42 Å². The van der Waals surface area contributed by atoms with Gasteiger partial charge in [-0.2, -0.15) is 17.0 Å². The second-order valence-electron chi connectivity index (χ2n) is 5.97. The molecule has 118 valence electrons. The summed E-state index contributed by atoms with van der Waals surface area (Å²) in [5.74, 6) is 0. The molecule has 1 saturated heterocycles. The Bertz CT molecular complexity index is 397. The largest absolute Gasteiger partial charge is 0.314 e. The summed E-state index contributed by atoms with van der Waals surface area (Å²) < 4.78 is 28.1. The van der Waals surface area contributed by atoms with Gasteiger partial charge >= 0.3 is 0 Å². The van der Waals surface area contributed by atoms with Crippen molar-refractivity contribution >= 4 is 10.2 Å². The summed E-state index contributed by atoms with van der Waals surface area (Å²) in [7, 11) is 0.459. The Morgan fingerprint density at radius 1 is 1.20 bits per heavy atom. The van der Waals surface area contributed by atoms with Crippen LogP contribution in [0.3, 0.4) is 0 Å². The Kier molecular flexibility index (Phi) is 5.80. The van der Waals surface area contributed by atoms with Crippen LogP contribution in [0.2, 0.25) is 0 Å². The minimum atomic E-state index is -3.28. The quantitative estimate of drug-likeness (QED) is 0.670. The second-order valence-corrected chi connectivity index (χ2v) is 8.00. The van der Waals surface area contributed by atoms with Crippen LogP contribution < -0.4 is 5.32 Å². The van der Waals surface area contributed by atoms with Gasteiger partial charge in [-0.25, -0.2) is 0 Å². The van der Waals surface area contributed by atoms with Gasteiger partial charge in [-0.15, -0.1) is 0 Å². The van der Waals surface area contributed by atoms with Crippen LogP contribution in [-0.2, 0) is 10.2 Å². The molecule has 0 spiro atoms. The Hall–Kier alpha value is -0.210. The molecular weight excluding hydrogens is 276 g/mol. The van der Waals surface area contributed by atoms with Gasteiger partial charge in [0.1, 0.15) is 0 Å². The zero-order chi connectivity index (χ0) is 14.6. The van der Waals surface area contributed by atoms with Gasteiger partial charge in [0.05, 0.1) is 0 Å². The van der Waals surface area contributed by atoms with E-state index in [-0.39, 0.29) is 0 Å². The molecule has 2 fully saturated rings. The lowest BCUT2D eigenvalue weighted by atomic mass is 10.4. The Labute approximate surface area is 123 Å². The number of hydrogen-bond donors (Lipinski definition) is 1. The molecule has 6 nitrogen and oxygen atoms in total. The van der Waals surface area contributed by atoms with E-state index in [1.165, 1.54) is 17.1 Å². The van der Waals surface area contributed by atoms with Gasteiger partial charge in [-0.05, 0) is 45.8 Å². The third-order valence-electron chi connectivity index (χ3n) is 4.06. The van der Waals surface area contributed by atoms with E-state index in [1.54, 1.807) is 11.4 Å². The van der Waals surface area contributed by atoms with Crippen LogP contribution in [0.5, 0.6) is 0 Å². The molecule has 0 amide bonds. The summed E-state index contributed by atoms with van der Waals surface area (Å²) >= 11 is 0. The van der Waals surface area contributed by atoms with Gasteiger partial charge in [-0.1, -0.05) is 0 Å². The lowest BCUT2D eigenvalue weighted by Gasteiger charge is -2.26. The minimum Gasteiger partial charge on any atom is -0.314 e. The van der Waals surface area contributed by atoms with E-state index in [2.05, 4.69) is 10.2 Å². The topological polar surface area (TPSA) is 55.9 Å². The SMILES string of the molecule is CN1CCCN(S(=O)(=O)N(C)CCCNC2CC2)CC1. The van der Waals surface area contributed by atoms with Gasteiger partial charge in [0.15, 0.2) is 0 Å². The number of likely N-dealkylation sites (N-methyl/N-ethyl adjacent to an activating group) is 1. The highest BCUT2D eigenvalue weighted by molar-refractivity contribution is 7.86. The van der Waals surface area contributed by atoms with Crippen molar-refractivity contribution in [3.8, 4) is 0 Å². The molecule has 0 aromatic rings. The zero-order valence-corrected chi connectivity index (χ0v) is 13.5. The molecule has 1 aliphatic carbocycles. The Morgan fingerprint density at radius 2 is 1.95 bits per heavy atom. The summed E-state index contributed by atoms with van der Waals surface area (Å²) in [4.78, 5) is 2.19. The zero-order valence-electron chi connectivity index (χ0n) is 12.7. The van der Waals surface area contributed by atoms with E-state index in [4.69, 9.17) is 0 Å². The van der Waals surface area contributed by atoms with Crippen molar-refractivity contribution in [2.75, 3.05) is 53.4 Å². The normalized spacial score (nSPS) is 23.1. The summed E-state index contributed by atoms with van der Waals surface area (Å²) in [5, 5.41) is 3.42. The monoisotopic (exact) mass is 304 g/mol. The van der Waals surface area contributed by atoms with E-state index >= 15 is 0 Å². The third kappa shape index (κ3) is 4.66. The summed E-state index contributed by atoms with van der Waals surface area (Å²) in [6.45, 7) is 4.53. The maximum atomic E-state index is 12.5. The highest BCUT2D eigenvalue weighted by atomic mass is 32.2. The third-order valence-corrected chi connectivity index (χ3v) is 6.05. The van der Waals surface area contributed by atoms with Crippen LogP contribution in [0.4, 0.5) is 0 Å². The maximum absolute atomic E-state index is 12.5. The van der Waals surface area contributed by atoms with Gasteiger partial charge in [0.2, 0.25) is 0 Å². The smallest absolute Gasteiger partial charge is 0.281 e. The van der Waals surface area contributed by atoms with Crippen molar-refractivity contribution in [3.63, 3.8) is 0 Å². The molecule has 7 heteroatoms. The molecule has 1 N–H and O–H groups in total. The molecule has 0 aromatic carbocycles. The maximum Gasteiger partial charge on any atom is 0.281 e. The lowest BCUT2D eigenvalue weighted by Crippen LogP contribution is -2.44. The van der Waals surface area contributed by atoms with Crippen molar-refractivity contribution in [2.24, 2.45) is 0 Å². The van der Waals surface area contributed by atoms with Crippen LogP contribution in [0.15, 0.2) is 0 Å². The number of rotatable bonds is 7. The Balaban J connectivity index is 1.77. The first kappa shape index (κ1) is 16.2. The summed E-state index contributed by atoms with van der Waals surface area (Å²) in [6, 6.07) is 0.693. The standard InChI is InChI=1S/C13H28N4O2S/c1-15-8-4-10-17(12-11-15)20(18,19)16(2)9-3-7-14-13-5-6-13/h13-14H,3-12H2,1-2H3. The summed E-state index contributed by atoms with van der Waals surface area (Å²) in [5.41, 5.74) is 0. The van der Waals surface area contributed by atoms with Crippen molar-refractivity contribution in [1.29, 1.82) is 0 Å². The average Bonchev–Trinajstić information content (AvgIpc) is 3.22. The highest BCUT2D eigenvalue weighted by Crippen LogP contribution is 2.18. The van der Waals surface area contributed by atoms with Crippen molar-refractivity contribution < 1.29 is 8.42 Å². The van der Waals surface area contributed by atoms with Crippen LogP contribution in [0.1, 0.15) is 25.7 Å². The van der Waals surface area contributed by atoms with Crippen molar-refractivity contribution in [2.45, 2.75) is 31.7 Å². The molecule has 2 rings (SSSR count). The molecule has 1 aliphatic heterocycles. The van der Waals surface area contributed by atoms with Crippen molar-refractivity contribution in [3.05, 3.63) is 0 Å². The molecule has 0 radical (unpaired) electrons. The van der Waals surface area contributed by atoms with Crippen LogP contribution >= 0.6 is 0 Å². The predicted molar refractivity (Wildman–Crippen MR) is 80.9 cm³/mol. The van der Waals surface area contributed by atoms with Crippen molar-refractivity contribution in [1.82, 2.24) is 18.8 Å². The fourth-order valence-electron chi connectivity index (χ4n) is 2.46. The van der Waals surface area contributed by atoms with E-state index in [0.29, 0.717) is 25.7 Å². The first-order valence-corrected chi connectivity index (χ1v) is 9.03. The molecule has 0 bridgehead atoms. The van der Waals surface area contributed by atoms with Crippen LogP contribution in [0, 0.1) is 0 Å². The molecule has 1 heterocycles. The number of nitrogens with zero attached hydrogens (tertiary/aromatic N) is 3. The van der Waals surface area contributed by atoms with E-state index in [0.717, 1.165) is 32.5 Å². The number of nitrogens with one attached hydrogen (secondary N) is 1. The fourth-order valence-corrected chi connectivity index (χ4v) is 3.89. The molecule has 2 aliphatic rings. The first-order valence-electron chi connectivity index (χ1n) is 7.63. The highest BCUT2D eigenvalue weighted by Gasteiger charge is 2.28. The van der Waals surface area contributed by atoms with E-state index < -0.39 is 10.2 Å². The average molecular weight is 304 g/mol. The Morgan fingerprint density at radius 3 is 2.65 bits per heavy atom. The van der Waals surface area contributed by atoms with Gasteiger partial charge in [0, 0.05) is 39.3 Å². The predicted octanol–water partition coefficient (Wildman–Crippen LogP) is -0.0574. The minimum absolute atomic E-state index is 0.592. The van der Waals surface area contributed by atoms with Gasteiger partial charge in [0.25, 0.3) is 10.2 Å². The molecule has 20 heavy (non-hydrogen) atoms. The molecule has 0 atom stereocenters. The molecule has 0 unspecified atom stereocenters. The van der Waals surface area contributed by atoms with Crippen LogP contribution in [-0.4, -0.2) is 81.3 Å². The first-order chi connectivity index (χ1) is 9.50. The molecule has 1 saturated carbocycles. The van der Waals surface area contributed by atoms with E-state index in [1.807, 2.05) is 7.05 Å². The molecule has 0 aromatic heterocycles. The van der Waals surface area contributed by atoms with Gasteiger partial charge in [-0.3, -0.25) is 0 Å².